The predicted octanol–water partition coefficient (Wildman–Crippen LogP) is 4.45. The molecule has 0 aliphatic rings. The second kappa shape index (κ2) is 7.58. The number of aromatic nitrogens is 2. The van der Waals surface area contributed by atoms with E-state index in [9.17, 15) is 0 Å². The molecule has 0 unspecified atom stereocenters. The predicted molar refractivity (Wildman–Crippen MR) is 97.6 cm³/mol. The average molecular weight is 344 g/mol. The summed E-state index contributed by atoms with van der Waals surface area (Å²) in [5, 5.41) is 9.13. The van der Waals surface area contributed by atoms with E-state index in [2.05, 4.69) is 23.6 Å². The van der Waals surface area contributed by atoms with Crippen molar-refractivity contribution in [1.29, 1.82) is 5.41 Å². The number of hydrogen-bond donors (Lipinski definition) is 1. The van der Waals surface area contributed by atoms with Gasteiger partial charge < -0.3 is 13.9 Å². The fourth-order valence-corrected chi connectivity index (χ4v) is 3.06. The molecule has 1 aromatic heterocycles. The van der Waals surface area contributed by atoms with Crippen LogP contribution in [0.1, 0.15) is 19.8 Å². The van der Waals surface area contributed by atoms with Gasteiger partial charge in [0, 0.05) is 6.54 Å². The first kappa shape index (κ1) is 16.7. The van der Waals surface area contributed by atoms with Crippen molar-refractivity contribution in [1.82, 2.24) is 9.13 Å². The lowest BCUT2D eigenvalue weighted by atomic mass is 10.3. The number of rotatable bonds is 7. The van der Waals surface area contributed by atoms with E-state index >= 15 is 0 Å². The highest BCUT2D eigenvalue weighted by atomic mass is 35.5. The molecule has 1 heterocycles. The van der Waals surface area contributed by atoms with Gasteiger partial charge in [0.15, 0.2) is 0 Å². The Bertz CT molecular complexity index is 882. The first-order chi connectivity index (χ1) is 11.7. The van der Waals surface area contributed by atoms with Crippen molar-refractivity contribution in [3.05, 3.63) is 59.2 Å². The van der Waals surface area contributed by atoms with Crippen LogP contribution in [0.3, 0.4) is 0 Å². The van der Waals surface area contributed by atoms with E-state index < -0.39 is 0 Å². The Balaban J connectivity index is 1.83. The molecule has 0 spiro atoms. The van der Waals surface area contributed by atoms with E-state index in [1.54, 1.807) is 0 Å². The SMILES string of the molecule is CCCCn1c(=N)n(CCOc2ccccc2Cl)c2ccccc21. The Morgan fingerprint density at radius 1 is 0.958 bits per heavy atom. The number of fused-ring (bicyclic) bond motifs is 1. The fraction of sp³-hybridized carbons (Fsp3) is 0.316. The summed E-state index contributed by atoms with van der Waals surface area (Å²) in [6.07, 6.45) is 2.18. The first-order valence-electron chi connectivity index (χ1n) is 8.32. The molecule has 0 aliphatic heterocycles. The van der Waals surface area contributed by atoms with Gasteiger partial charge in [0.2, 0.25) is 5.62 Å². The van der Waals surface area contributed by atoms with Gasteiger partial charge in [-0.3, -0.25) is 5.41 Å². The van der Waals surface area contributed by atoms with Gasteiger partial charge in [0.05, 0.1) is 22.6 Å². The number of para-hydroxylation sites is 3. The van der Waals surface area contributed by atoms with Crippen LogP contribution < -0.4 is 10.4 Å². The molecule has 0 fully saturated rings. The monoisotopic (exact) mass is 343 g/mol. The maximum Gasteiger partial charge on any atom is 0.203 e. The third-order valence-electron chi connectivity index (χ3n) is 4.12. The summed E-state index contributed by atoms with van der Waals surface area (Å²) in [4.78, 5) is 0. The zero-order valence-corrected chi connectivity index (χ0v) is 14.6. The topological polar surface area (TPSA) is 42.9 Å². The van der Waals surface area contributed by atoms with Crippen LogP contribution in [0, 0.1) is 5.41 Å². The number of halogens is 1. The minimum Gasteiger partial charge on any atom is -0.490 e. The summed E-state index contributed by atoms with van der Waals surface area (Å²) in [5.41, 5.74) is 2.70. The molecule has 5 heteroatoms. The van der Waals surface area contributed by atoms with Gasteiger partial charge in [-0.05, 0) is 30.7 Å². The lowest BCUT2D eigenvalue weighted by Gasteiger charge is -2.09. The molecule has 3 aromatic rings. The van der Waals surface area contributed by atoms with Crippen molar-refractivity contribution in [2.24, 2.45) is 0 Å². The molecule has 0 saturated carbocycles. The maximum absolute atomic E-state index is 8.52. The van der Waals surface area contributed by atoms with Crippen LogP contribution in [0.2, 0.25) is 5.02 Å². The number of hydrogen-bond acceptors (Lipinski definition) is 2. The molecule has 0 aliphatic carbocycles. The minimum atomic E-state index is 0.474. The molecule has 126 valence electrons. The highest BCUT2D eigenvalue weighted by Gasteiger charge is 2.10. The Labute approximate surface area is 146 Å². The van der Waals surface area contributed by atoms with Gasteiger partial charge in [-0.15, -0.1) is 0 Å². The van der Waals surface area contributed by atoms with Crippen LogP contribution in [0.15, 0.2) is 48.5 Å². The van der Waals surface area contributed by atoms with Gasteiger partial charge in [0.25, 0.3) is 0 Å². The van der Waals surface area contributed by atoms with Crippen LogP contribution in [0.25, 0.3) is 11.0 Å². The Morgan fingerprint density at radius 2 is 1.58 bits per heavy atom. The second-order valence-electron chi connectivity index (χ2n) is 5.75. The van der Waals surface area contributed by atoms with Crippen molar-refractivity contribution in [2.75, 3.05) is 6.61 Å². The van der Waals surface area contributed by atoms with Crippen molar-refractivity contribution >= 4 is 22.6 Å². The molecular weight excluding hydrogens is 322 g/mol. The Kier molecular flexibility index (Phi) is 5.26. The summed E-state index contributed by atoms with van der Waals surface area (Å²) in [6, 6.07) is 15.6. The van der Waals surface area contributed by atoms with Crippen molar-refractivity contribution in [3.63, 3.8) is 0 Å². The van der Waals surface area contributed by atoms with E-state index in [1.807, 2.05) is 41.0 Å². The van der Waals surface area contributed by atoms with Gasteiger partial charge in [0.1, 0.15) is 12.4 Å². The molecular formula is C19H22ClN3O. The third-order valence-corrected chi connectivity index (χ3v) is 4.43. The maximum atomic E-state index is 8.52. The van der Waals surface area contributed by atoms with Crippen LogP contribution in [-0.4, -0.2) is 15.7 Å². The Morgan fingerprint density at radius 3 is 2.25 bits per heavy atom. The standard InChI is InChI=1S/C19H22ClN3O/c1-2-3-12-22-16-9-5-6-10-17(16)23(19(22)21)13-14-24-18-11-7-4-8-15(18)20/h4-11,21H,2-3,12-14H2,1H3. The Hall–Kier alpha value is -2.20. The molecule has 1 N–H and O–H groups in total. The fourth-order valence-electron chi connectivity index (χ4n) is 2.87. The van der Waals surface area contributed by atoms with Crippen LogP contribution in [-0.2, 0) is 13.1 Å². The number of benzene rings is 2. The molecule has 4 nitrogen and oxygen atoms in total. The molecule has 24 heavy (non-hydrogen) atoms. The van der Waals surface area contributed by atoms with Gasteiger partial charge in [-0.1, -0.05) is 49.2 Å². The van der Waals surface area contributed by atoms with Gasteiger partial charge in [-0.2, -0.15) is 0 Å². The summed E-state index contributed by atoms with van der Waals surface area (Å²) in [7, 11) is 0. The summed E-state index contributed by atoms with van der Waals surface area (Å²) >= 11 is 6.12. The number of aryl methyl sites for hydroxylation is 1. The molecule has 0 bridgehead atoms. The average Bonchev–Trinajstić information content (AvgIpc) is 2.87. The largest absolute Gasteiger partial charge is 0.490 e. The number of nitrogens with zero attached hydrogens (tertiary/aromatic N) is 2. The van der Waals surface area contributed by atoms with Crippen LogP contribution in [0.4, 0.5) is 0 Å². The van der Waals surface area contributed by atoms with E-state index in [-0.39, 0.29) is 0 Å². The number of ether oxygens (including phenoxy) is 1. The molecule has 2 aromatic carbocycles. The van der Waals surface area contributed by atoms with E-state index in [0.29, 0.717) is 29.5 Å². The van der Waals surface area contributed by atoms with Crippen molar-refractivity contribution < 1.29 is 4.74 Å². The third kappa shape index (κ3) is 3.34. The van der Waals surface area contributed by atoms with E-state index in [0.717, 1.165) is 30.4 Å². The van der Waals surface area contributed by atoms with E-state index in [1.165, 1.54) is 0 Å². The van der Waals surface area contributed by atoms with E-state index in [4.69, 9.17) is 21.7 Å². The van der Waals surface area contributed by atoms with Crippen LogP contribution >= 0.6 is 11.6 Å². The lowest BCUT2D eigenvalue weighted by molar-refractivity contribution is 0.296. The zero-order valence-electron chi connectivity index (χ0n) is 13.8. The zero-order chi connectivity index (χ0) is 16.9. The second-order valence-corrected chi connectivity index (χ2v) is 6.16. The molecule has 3 rings (SSSR count). The summed E-state index contributed by atoms with van der Waals surface area (Å²) < 4.78 is 9.87. The summed E-state index contributed by atoms with van der Waals surface area (Å²) in [6.45, 7) is 4.13. The van der Waals surface area contributed by atoms with Crippen molar-refractivity contribution in [2.45, 2.75) is 32.9 Å². The highest BCUT2D eigenvalue weighted by molar-refractivity contribution is 6.32. The first-order valence-corrected chi connectivity index (χ1v) is 8.70. The summed E-state index contributed by atoms with van der Waals surface area (Å²) in [5.74, 6) is 0.681. The quantitative estimate of drug-likeness (QED) is 0.676. The normalized spacial score (nSPS) is 11.1. The number of unbranched alkanes of at least 4 members (excludes halogenated alkanes) is 1. The minimum absolute atomic E-state index is 0.474. The lowest BCUT2D eigenvalue weighted by Crippen LogP contribution is -2.26. The van der Waals surface area contributed by atoms with Crippen molar-refractivity contribution in [3.8, 4) is 5.75 Å². The van der Waals surface area contributed by atoms with Crippen LogP contribution in [0.5, 0.6) is 5.75 Å². The smallest absolute Gasteiger partial charge is 0.203 e. The van der Waals surface area contributed by atoms with Gasteiger partial charge >= 0.3 is 0 Å². The number of nitrogens with one attached hydrogen (secondary N) is 1. The number of imidazole rings is 1. The molecule has 0 amide bonds. The highest BCUT2D eigenvalue weighted by Crippen LogP contribution is 2.23. The van der Waals surface area contributed by atoms with Gasteiger partial charge in [-0.25, -0.2) is 0 Å². The molecule has 0 saturated heterocycles. The molecule has 0 atom stereocenters. The molecule has 0 radical (unpaired) electrons.